The zero-order valence-electron chi connectivity index (χ0n) is 30.1. The van der Waals surface area contributed by atoms with Gasteiger partial charge in [0.2, 0.25) is 0 Å². The van der Waals surface area contributed by atoms with Gasteiger partial charge in [0, 0.05) is 53.3 Å². The third-order valence-electron chi connectivity index (χ3n) is 11.6. The molecule has 2 heterocycles. The zero-order chi connectivity index (χ0) is 36.0. The molecule has 2 aromatic heterocycles. The molecule has 0 saturated carbocycles. The van der Waals surface area contributed by atoms with E-state index < -0.39 is 0 Å². The lowest BCUT2D eigenvalue weighted by molar-refractivity contribution is 0.661. The van der Waals surface area contributed by atoms with Gasteiger partial charge >= 0.3 is 0 Å². The van der Waals surface area contributed by atoms with Crippen LogP contribution in [0.1, 0.15) is 25.0 Å². The molecule has 10 aromatic rings. The van der Waals surface area contributed by atoms with Gasteiger partial charge in [-0.2, -0.15) is 0 Å². The van der Waals surface area contributed by atoms with Crippen molar-refractivity contribution in [2.24, 2.45) is 0 Å². The molecule has 0 fully saturated rings. The Morgan fingerprint density at radius 2 is 1.09 bits per heavy atom. The van der Waals surface area contributed by atoms with E-state index in [1.165, 1.54) is 81.0 Å². The molecule has 0 radical (unpaired) electrons. The first-order valence-corrected chi connectivity index (χ1v) is 19.5. The first kappa shape index (κ1) is 31.1. The van der Waals surface area contributed by atoms with Gasteiger partial charge in [0.25, 0.3) is 0 Å². The summed E-state index contributed by atoms with van der Waals surface area (Å²) in [7, 11) is 0. The summed E-state index contributed by atoms with van der Waals surface area (Å²) in [6, 6.07) is 67.1. The molecule has 0 atom stereocenters. The van der Waals surface area contributed by atoms with E-state index >= 15 is 0 Å². The molecule has 0 spiro atoms. The second kappa shape index (κ2) is 11.8. The van der Waals surface area contributed by atoms with E-state index in [-0.39, 0.29) is 5.41 Å². The Morgan fingerprint density at radius 3 is 1.98 bits per heavy atom. The topological polar surface area (TPSA) is 8.17 Å². The minimum absolute atomic E-state index is 0.202. The van der Waals surface area contributed by atoms with Gasteiger partial charge in [0.15, 0.2) is 0 Å². The Morgan fingerprint density at radius 1 is 0.463 bits per heavy atom. The summed E-state index contributed by atoms with van der Waals surface area (Å²) in [6.45, 7) is 4.78. The van der Waals surface area contributed by atoms with E-state index in [9.17, 15) is 0 Å². The molecular weight excluding hydrogens is 673 g/mol. The van der Waals surface area contributed by atoms with Crippen molar-refractivity contribution >= 4 is 70.4 Å². The van der Waals surface area contributed by atoms with E-state index in [0.717, 1.165) is 17.1 Å². The summed E-state index contributed by atoms with van der Waals surface area (Å²) in [5.74, 6) is 0. The Hall–Kier alpha value is -6.42. The summed E-state index contributed by atoms with van der Waals surface area (Å²) >= 11 is 1.87. The number of nitrogens with zero attached hydrogens (tertiary/aromatic N) is 2. The van der Waals surface area contributed by atoms with Gasteiger partial charge < -0.3 is 9.47 Å². The first-order valence-electron chi connectivity index (χ1n) is 18.7. The third kappa shape index (κ3) is 4.46. The Bertz CT molecular complexity index is 3090. The predicted octanol–water partition coefficient (Wildman–Crippen LogP) is 14.6. The second-order valence-electron chi connectivity index (χ2n) is 14.9. The van der Waals surface area contributed by atoms with Crippen LogP contribution < -0.4 is 4.90 Å². The lowest BCUT2D eigenvalue weighted by Gasteiger charge is -2.33. The van der Waals surface area contributed by atoms with Crippen LogP contribution in [0.2, 0.25) is 0 Å². The normalized spacial score (nSPS) is 13.1. The average molecular weight is 709 g/mol. The molecule has 54 heavy (non-hydrogen) atoms. The van der Waals surface area contributed by atoms with Crippen molar-refractivity contribution in [2.75, 3.05) is 4.90 Å². The molecule has 0 amide bonds. The van der Waals surface area contributed by atoms with Crippen molar-refractivity contribution in [3.8, 4) is 27.9 Å². The number of hydrogen-bond donors (Lipinski definition) is 0. The summed E-state index contributed by atoms with van der Waals surface area (Å²) in [5, 5.41) is 5.10. The summed E-state index contributed by atoms with van der Waals surface area (Å²) in [4.78, 5) is 2.54. The number of hydrogen-bond acceptors (Lipinski definition) is 2. The van der Waals surface area contributed by atoms with Crippen molar-refractivity contribution in [3.63, 3.8) is 0 Å². The van der Waals surface area contributed by atoms with Crippen molar-refractivity contribution in [1.29, 1.82) is 0 Å². The van der Waals surface area contributed by atoms with Crippen LogP contribution in [0.4, 0.5) is 17.1 Å². The van der Waals surface area contributed by atoms with Crippen LogP contribution in [0.15, 0.2) is 182 Å². The number of fused-ring (bicyclic) bond motifs is 9. The van der Waals surface area contributed by atoms with Gasteiger partial charge in [-0.25, -0.2) is 0 Å². The van der Waals surface area contributed by atoms with Crippen LogP contribution in [-0.4, -0.2) is 4.57 Å². The monoisotopic (exact) mass is 708 g/mol. The fraction of sp³-hybridized carbons (Fsp3) is 0.0588. The molecular formula is C51H36N2S. The number of benzene rings is 8. The lowest BCUT2D eigenvalue weighted by Crippen LogP contribution is -2.21. The van der Waals surface area contributed by atoms with Crippen LogP contribution in [0, 0.1) is 0 Å². The fourth-order valence-electron chi connectivity index (χ4n) is 9.26. The molecule has 0 N–H and O–H groups in total. The molecule has 11 rings (SSSR count). The molecule has 0 bridgehead atoms. The highest BCUT2D eigenvalue weighted by Gasteiger charge is 2.39. The smallest absolute Gasteiger partial charge is 0.0542 e. The van der Waals surface area contributed by atoms with Crippen molar-refractivity contribution in [3.05, 3.63) is 193 Å². The van der Waals surface area contributed by atoms with E-state index in [2.05, 4.69) is 205 Å². The van der Waals surface area contributed by atoms with Gasteiger partial charge in [-0.15, -0.1) is 11.3 Å². The molecule has 0 aliphatic heterocycles. The van der Waals surface area contributed by atoms with E-state index in [4.69, 9.17) is 0 Å². The molecule has 8 aromatic carbocycles. The number of para-hydroxylation sites is 3. The minimum Gasteiger partial charge on any atom is -0.310 e. The van der Waals surface area contributed by atoms with Gasteiger partial charge in [-0.3, -0.25) is 0 Å². The van der Waals surface area contributed by atoms with Crippen LogP contribution in [-0.2, 0) is 5.41 Å². The molecule has 1 aliphatic carbocycles. The van der Waals surface area contributed by atoms with Gasteiger partial charge in [0.05, 0.1) is 22.4 Å². The number of thiophene rings is 1. The standard InChI is InChI=1S/C51H36N2S/c1-51(2)42-24-10-6-18-35(42)39-23-14-27-46(50(39)51)53(34-30-31-45-41(32-34)37-20-8-12-26-44(37)52(45)33-16-4-3-5-17-33)43-25-11-7-19-36(43)38-22-15-29-48-49(38)40-21-9-13-28-47(40)54-48/h3-32H,1-2H3. The van der Waals surface area contributed by atoms with Crippen LogP contribution in [0.3, 0.4) is 0 Å². The van der Waals surface area contributed by atoms with Gasteiger partial charge in [-0.1, -0.05) is 135 Å². The molecule has 0 saturated heterocycles. The third-order valence-corrected chi connectivity index (χ3v) is 12.7. The summed E-state index contributed by atoms with van der Waals surface area (Å²) < 4.78 is 5.02. The molecule has 256 valence electrons. The number of aromatic nitrogens is 1. The fourth-order valence-corrected chi connectivity index (χ4v) is 10.4. The van der Waals surface area contributed by atoms with Crippen molar-refractivity contribution in [1.82, 2.24) is 4.57 Å². The number of anilines is 3. The van der Waals surface area contributed by atoms with E-state index in [1.807, 2.05) is 11.3 Å². The maximum atomic E-state index is 2.54. The Balaban J connectivity index is 1.22. The van der Waals surface area contributed by atoms with Gasteiger partial charge in [0.1, 0.15) is 0 Å². The highest BCUT2D eigenvalue weighted by atomic mass is 32.1. The quantitative estimate of drug-likeness (QED) is 0.173. The molecule has 1 aliphatic rings. The zero-order valence-corrected chi connectivity index (χ0v) is 30.9. The van der Waals surface area contributed by atoms with Crippen molar-refractivity contribution < 1.29 is 0 Å². The van der Waals surface area contributed by atoms with Crippen LogP contribution >= 0.6 is 11.3 Å². The average Bonchev–Trinajstić information content (AvgIpc) is 3.84. The minimum atomic E-state index is -0.202. The maximum absolute atomic E-state index is 2.54. The summed E-state index contributed by atoms with van der Waals surface area (Å²) in [6.07, 6.45) is 0. The lowest BCUT2D eigenvalue weighted by atomic mass is 9.81. The highest BCUT2D eigenvalue weighted by Crippen LogP contribution is 2.55. The van der Waals surface area contributed by atoms with Crippen LogP contribution in [0.5, 0.6) is 0 Å². The Kier molecular flexibility index (Phi) is 6.80. The second-order valence-corrected chi connectivity index (χ2v) is 16.0. The molecule has 2 nitrogen and oxygen atoms in total. The highest BCUT2D eigenvalue weighted by molar-refractivity contribution is 7.25. The maximum Gasteiger partial charge on any atom is 0.0542 e. The Labute approximate surface area is 318 Å². The van der Waals surface area contributed by atoms with Gasteiger partial charge in [-0.05, 0) is 88.5 Å². The van der Waals surface area contributed by atoms with Crippen LogP contribution in [0.25, 0.3) is 69.9 Å². The first-order chi connectivity index (χ1) is 26.6. The molecule has 3 heteroatoms. The van der Waals surface area contributed by atoms with E-state index in [0.29, 0.717) is 0 Å². The largest absolute Gasteiger partial charge is 0.310 e. The van der Waals surface area contributed by atoms with Crippen molar-refractivity contribution in [2.45, 2.75) is 19.3 Å². The summed E-state index contributed by atoms with van der Waals surface area (Å²) in [5.41, 5.74) is 14.7. The SMILES string of the molecule is CC1(C)c2ccccc2-c2cccc(N(c3ccc4c(c3)c3ccccc3n4-c3ccccc3)c3ccccc3-c3cccc4sc5ccccc5c34)c21. The van der Waals surface area contributed by atoms with E-state index in [1.54, 1.807) is 0 Å². The number of rotatable bonds is 5. The molecule has 0 unspecified atom stereocenters. The predicted molar refractivity (Wildman–Crippen MR) is 231 cm³/mol.